The lowest BCUT2D eigenvalue weighted by Crippen LogP contribution is -2.33. The summed E-state index contributed by atoms with van der Waals surface area (Å²) in [5.74, 6) is -2.66. The van der Waals surface area contributed by atoms with Crippen molar-refractivity contribution >= 4 is 23.5 Å². The molecule has 184 valence electrons. The van der Waals surface area contributed by atoms with Gasteiger partial charge >= 0.3 is 12.1 Å². The van der Waals surface area contributed by atoms with E-state index >= 15 is 0 Å². The number of carboxylic acids is 1. The molecule has 0 spiro atoms. The van der Waals surface area contributed by atoms with E-state index in [4.69, 9.17) is 26.6 Å². The molecular formula is C24H22ClF3N4O3. The van der Waals surface area contributed by atoms with Gasteiger partial charge in [0.05, 0.1) is 5.69 Å². The van der Waals surface area contributed by atoms with Gasteiger partial charge in [-0.05, 0) is 48.9 Å². The van der Waals surface area contributed by atoms with Crippen molar-refractivity contribution in [2.45, 2.75) is 38.4 Å². The number of carbonyl (C=O) groups is 2. The number of pyridine rings is 1. The van der Waals surface area contributed by atoms with Crippen molar-refractivity contribution in [3.8, 4) is 11.3 Å². The number of aromatic nitrogens is 3. The number of rotatable bonds is 3. The highest BCUT2D eigenvalue weighted by Gasteiger charge is 2.38. The predicted octanol–water partition coefficient (Wildman–Crippen LogP) is 4.42. The van der Waals surface area contributed by atoms with Gasteiger partial charge < -0.3 is 10.0 Å². The van der Waals surface area contributed by atoms with Crippen molar-refractivity contribution in [1.29, 1.82) is 0 Å². The summed E-state index contributed by atoms with van der Waals surface area (Å²) in [4.78, 5) is 28.5. The van der Waals surface area contributed by atoms with Crippen molar-refractivity contribution in [2.75, 3.05) is 13.1 Å². The summed E-state index contributed by atoms with van der Waals surface area (Å²) >= 11 is 6.29. The second kappa shape index (κ2) is 10.1. The molecule has 3 aromatic rings. The molecule has 1 aromatic carbocycles. The maximum atomic E-state index is 13.4. The second-order valence-corrected chi connectivity index (χ2v) is 8.63. The number of carbonyl (C=O) groups excluding carboxylic acids is 1. The van der Waals surface area contributed by atoms with Crippen molar-refractivity contribution in [3.63, 3.8) is 0 Å². The van der Waals surface area contributed by atoms with Crippen LogP contribution in [-0.2, 0) is 30.6 Å². The second-order valence-electron chi connectivity index (χ2n) is 8.22. The van der Waals surface area contributed by atoms with Crippen LogP contribution in [0.2, 0.25) is 5.02 Å². The Morgan fingerprint density at radius 2 is 1.89 bits per heavy atom. The number of alkyl halides is 3. The van der Waals surface area contributed by atoms with Crippen LogP contribution in [0.25, 0.3) is 11.3 Å². The molecule has 0 bridgehead atoms. The first-order valence-electron chi connectivity index (χ1n) is 11.0. The van der Waals surface area contributed by atoms with Gasteiger partial charge in [-0.2, -0.15) is 18.3 Å². The van der Waals surface area contributed by atoms with E-state index in [2.05, 4.69) is 4.98 Å². The molecular weight excluding hydrogens is 485 g/mol. The molecule has 1 N–H and O–H groups in total. The van der Waals surface area contributed by atoms with E-state index in [1.54, 1.807) is 6.20 Å². The number of aliphatic carboxylic acids is 1. The Balaban J connectivity index is 0.000000364. The zero-order valence-corrected chi connectivity index (χ0v) is 19.3. The summed E-state index contributed by atoms with van der Waals surface area (Å²) < 4.78 is 33.7. The van der Waals surface area contributed by atoms with E-state index in [1.807, 2.05) is 46.1 Å². The Kier molecular flexibility index (Phi) is 7.11. The molecule has 1 aliphatic heterocycles. The van der Waals surface area contributed by atoms with Crippen LogP contribution >= 0.6 is 11.6 Å². The molecule has 35 heavy (non-hydrogen) atoms. The number of nitrogens with zero attached hydrogens (tertiary/aromatic N) is 4. The van der Waals surface area contributed by atoms with Crippen LogP contribution in [0.15, 0.2) is 42.7 Å². The molecule has 0 fully saturated rings. The average molecular weight is 507 g/mol. The van der Waals surface area contributed by atoms with Gasteiger partial charge in [0.1, 0.15) is 5.69 Å². The van der Waals surface area contributed by atoms with Crippen molar-refractivity contribution in [1.82, 2.24) is 19.7 Å². The third kappa shape index (κ3) is 5.32. The van der Waals surface area contributed by atoms with Gasteiger partial charge in [0, 0.05) is 48.2 Å². The smallest absolute Gasteiger partial charge is 0.475 e. The number of fused-ring (bicyclic) bond motifs is 5. The molecule has 0 saturated heterocycles. The molecule has 2 aliphatic rings. The van der Waals surface area contributed by atoms with Gasteiger partial charge in [-0.25, -0.2) is 4.79 Å². The topological polar surface area (TPSA) is 88.3 Å². The first-order valence-corrected chi connectivity index (χ1v) is 11.4. The molecule has 3 heterocycles. The summed E-state index contributed by atoms with van der Waals surface area (Å²) in [6, 6.07) is 9.87. The number of aryl methyl sites for hydroxylation is 2. The molecule has 1 aliphatic carbocycles. The first-order chi connectivity index (χ1) is 16.7. The maximum Gasteiger partial charge on any atom is 0.490 e. The standard InChI is InChI=1S/C22H21ClN4O.C2HF3O2/c23-19-5-2-1-4-15(19)9-13-26-11-3-12-27-21(22(26)28)18-7-6-16-14-24-10-8-17(16)20(18)25-27;3-2(4,5)1(6)7/h1-2,4-5,8,10,14H,3,6-7,9,11-13H2;(H,6,7). The van der Waals surface area contributed by atoms with E-state index < -0.39 is 12.1 Å². The average Bonchev–Trinajstić information content (AvgIpc) is 3.13. The first kappa shape index (κ1) is 24.7. The van der Waals surface area contributed by atoms with E-state index in [0.717, 1.165) is 71.9 Å². The van der Waals surface area contributed by atoms with Gasteiger partial charge in [0.2, 0.25) is 0 Å². The Labute approximate surface area is 204 Å². The van der Waals surface area contributed by atoms with Gasteiger partial charge in [-0.3, -0.25) is 14.5 Å². The number of hydrogen-bond donors (Lipinski definition) is 1. The minimum atomic E-state index is -5.08. The molecule has 0 radical (unpaired) electrons. The number of benzene rings is 1. The quantitative estimate of drug-likeness (QED) is 0.568. The van der Waals surface area contributed by atoms with Gasteiger partial charge in [-0.1, -0.05) is 29.8 Å². The van der Waals surface area contributed by atoms with Crippen LogP contribution in [0.4, 0.5) is 13.2 Å². The number of amides is 1. The fraction of sp³-hybridized carbons (Fsp3) is 0.333. The molecule has 2 aromatic heterocycles. The predicted molar refractivity (Wildman–Crippen MR) is 122 cm³/mol. The molecule has 11 heteroatoms. The zero-order valence-electron chi connectivity index (χ0n) is 18.6. The van der Waals surface area contributed by atoms with Crippen LogP contribution < -0.4 is 0 Å². The van der Waals surface area contributed by atoms with Crippen molar-refractivity contribution in [2.24, 2.45) is 0 Å². The van der Waals surface area contributed by atoms with E-state index in [0.29, 0.717) is 6.54 Å². The highest BCUT2D eigenvalue weighted by atomic mass is 35.5. The fourth-order valence-corrected chi connectivity index (χ4v) is 4.53. The summed E-state index contributed by atoms with van der Waals surface area (Å²) in [5.41, 5.74) is 6.24. The summed E-state index contributed by atoms with van der Waals surface area (Å²) in [6.07, 6.45) is 2.05. The van der Waals surface area contributed by atoms with Crippen LogP contribution in [0.1, 0.15) is 33.6 Å². The lowest BCUT2D eigenvalue weighted by Gasteiger charge is -2.22. The van der Waals surface area contributed by atoms with Crippen LogP contribution in [0.3, 0.4) is 0 Å². The third-order valence-corrected chi connectivity index (χ3v) is 6.36. The lowest BCUT2D eigenvalue weighted by molar-refractivity contribution is -0.192. The van der Waals surface area contributed by atoms with Gasteiger partial charge in [0.25, 0.3) is 5.91 Å². The molecule has 1 amide bonds. The van der Waals surface area contributed by atoms with Gasteiger partial charge in [-0.15, -0.1) is 0 Å². The van der Waals surface area contributed by atoms with Crippen molar-refractivity contribution in [3.05, 3.63) is 70.1 Å². The number of hydrogen-bond acceptors (Lipinski definition) is 4. The Morgan fingerprint density at radius 1 is 1.14 bits per heavy atom. The summed E-state index contributed by atoms with van der Waals surface area (Å²) in [6.45, 7) is 2.20. The number of carboxylic acid groups (broad SMARTS) is 1. The van der Waals surface area contributed by atoms with Crippen LogP contribution in [0, 0.1) is 0 Å². The highest BCUT2D eigenvalue weighted by Crippen LogP contribution is 2.35. The SMILES string of the molecule is O=C(O)C(F)(F)F.O=C1c2c3c(nn2CCCN1CCc1ccccc1Cl)-c1ccncc1CC3. The Morgan fingerprint density at radius 3 is 2.60 bits per heavy atom. The highest BCUT2D eigenvalue weighted by molar-refractivity contribution is 6.31. The van der Waals surface area contributed by atoms with E-state index in [1.165, 1.54) is 5.56 Å². The Bertz CT molecular complexity index is 1260. The molecule has 7 nitrogen and oxygen atoms in total. The van der Waals surface area contributed by atoms with Gasteiger partial charge in [0.15, 0.2) is 0 Å². The van der Waals surface area contributed by atoms with E-state index in [-0.39, 0.29) is 5.91 Å². The molecule has 0 saturated carbocycles. The summed E-state index contributed by atoms with van der Waals surface area (Å²) in [5, 5.41) is 12.7. The van der Waals surface area contributed by atoms with Crippen molar-refractivity contribution < 1.29 is 27.9 Å². The molecule has 0 unspecified atom stereocenters. The monoisotopic (exact) mass is 506 g/mol. The lowest BCUT2D eigenvalue weighted by atomic mass is 9.90. The Hall–Kier alpha value is -3.40. The largest absolute Gasteiger partial charge is 0.490 e. The van der Waals surface area contributed by atoms with Crippen LogP contribution in [0.5, 0.6) is 0 Å². The normalized spacial score (nSPS) is 14.7. The van der Waals surface area contributed by atoms with Crippen LogP contribution in [-0.4, -0.2) is 55.9 Å². The number of halogens is 4. The zero-order chi connectivity index (χ0) is 25.2. The fourth-order valence-electron chi connectivity index (χ4n) is 4.30. The minimum Gasteiger partial charge on any atom is -0.475 e. The van der Waals surface area contributed by atoms with E-state index in [9.17, 15) is 18.0 Å². The third-order valence-electron chi connectivity index (χ3n) is 5.99. The maximum absolute atomic E-state index is 13.4. The minimum absolute atomic E-state index is 0.0933. The summed E-state index contributed by atoms with van der Waals surface area (Å²) in [7, 11) is 0. The molecule has 0 atom stereocenters. The molecule has 5 rings (SSSR count).